The predicted octanol–water partition coefficient (Wildman–Crippen LogP) is 0.854. The van der Waals surface area contributed by atoms with Gasteiger partial charge in [0.05, 0.1) is 6.61 Å². The molecule has 14 heavy (non-hydrogen) atoms. The summed E-state index contributed by atoms with van der Waals surface area (Å²) in [7, 11) is 0. The van der Waals surface area contributed by atoms with Crippen LogP contribution >= 0.6 is 0 Å². The van der Waals surface area contributed by atoms with Crippen molar-refractivity contribution in [3.63, 3.8) is 0 Å². The van der Waals surface area contributed by atoms with Gasteiger partial charge in [0.25, 0.3) is 0 Å². The molecule has 1 rings (SSSR count). The standard InChI is InChI=1S/C10H17NO3/c1-3-14-10(13)9(12)11-7(2)6-8-4-5-8/h7-8H,3-6H2,1-2H3,(H,11,12). The van der Waals surface area contributed by atoms with E-state index in [9.17, 15) is 9.59 Å². The molecule has 0 heterocycles. The van der Waals surface area contributed by atoms with E-state index in [2.05, 4.69) is 10.1 Å². The molecule has 0 aliphatic heterocycles. The second-order valence-corrected chi connectivity index (χ2v) is 3.77. The van der Waals surface area contributed by atoms with E-state index in [1.54, 1.807) is 6.92 Å². The van der Waals surface area contributed by atoms with Crippen LogP contribution in [0.5, 0.6) is 0 Å². The number of hydrogen-bond acceptors (Lipinski definition) is 3. The second-order valence-electron chi connectivity index (χ2n) is 3.77. The Labute approximate surface area is 84.0 Å². The van der Waals surface area contributed by atoms with Gasteiger partial charge in [-0.15, -0.1) is 0 Å². The Hall–Kier alpha value is -1.06. The van der Waals surface area contributed by atoms with Crippen LogP contribution in [0.1, 0.15) is 33.1 Å². The van der Waals surface area contributed by atoms with E-state index < -0.39 is 11.9 Å². The number of rotatable bonds is 4. The van der Waals surface area contributed by atoms with Crippen molar-refractivity contribution < 1.29 is 14.3 Å². The summed E-state index contributed by atoms with van der Waals surface area (Å²) in [5, 5.41) is 2.62. The molecule has 1 fully saturated rings. The molecule has 0 radical (unpaired) electrons. The van der Waals surface area contributed by atoms with Crippen LogP contribution in [0.3, 0.4) is 0 Å². The van der Waals surface area contributed by atoms with Gasteiger partial charge in [-0.25, -0.2) is 4.79 Å². The molecule has 0 aromatic carbocycles. The van der Waals surface area contributed by atoms with Gasteiger partial charge in [0.1, 0.15) is 0 Å². The van der Waals surface area contributed by atoms with Crippen molar-refractivity contribution in [2.45, 2.75) is 39.2 Å². The zero-order valence-corrected chi connectivity index (χ0v) is 8.71. The Morgan fingerprint density at radius 1 is 1.50 bits per heavy atom. The molecule has 1 unspecified atom stereocenters. The molecular formula is C10H17NO3. The molecule has 0 saturated heterocycles. The third-order valence-corrected chi connectivity index (χ3v) is 2.22. The molecule has 1 saturated carbocycles. The van der Waals surface area contributed by atoms with Crippen molar-refractivity contribution in [1.82, 2.24) is 5.32 Å². The van der Waals surface area contributed by atoms with E-state index >= 15 is 0 Å². The predicted molar refractivity (Wildman–Crippen MR) is 51.6 cm³/mol. The number of hydrogen-bond donors (Lipinski definition) is 1. The lowest BCUT2D eigenvalue weighted by Crippen LogP contribution is -2.38. The van der Waals surface area contributed by atoms with Gasteiger partial charge in [0, 0.05) is 6.04 Å². The van der Waals surface area contributed by atoms with Crippen molar-refractivity contribution in [3.8, 4) is 0 Å². The molecule has 1 atom stereocenters. The molecule has 4 nitrogen and oxygen atoms in total. The quantitative estimate of drug-likeness (QED) is 0.539. The lowest BCUT2D eigenvalue weighted by Gasteiger charge is -2.11. The molecule has 0 spiro atoms. The minimum atomic E-state index is -0.782. The summed E-state index contributed by atoms with van der Waals surface area (Å²) >= 11 is 0. The highest BCUT2D eigenvalue weighted by atomic mass is 16.5. The summed E-state index contributed by atoms with van der Waals surface area (Å²) in [4.78, 5) is 22.1. The minimum absolute atomic E-state index is 0.0689. The summed E-state index contributed by atoms with van der Waals surface area (Å²) in [6.07, 6.45) is 3.46. The second kappa shape index (κ2) is 4.98. The number of nitrogens with one attached hydrogen (secondary N) is 1. The Balaban J connectivity index is 2.20. The molecule has 1 aliphatic rings. The lowest BCUT2D eigenvalue weighted by molar-refractivity contribution is -0.154. The highest BCUT2D eigenvalue weighted by molar-refractivity contribution is 6.32. The highest BCUT2D eigenvalue weighted by Crippen LogP contribution is 2.33. The highest BCUT2D eigenvalue weighted by Gasteiger charge is 2.25. The van der Waals surface area contributed by atoms with Gasteiger partial charge >= 0.3 is 11.9 Å². The number of esters is 1. The monoisotopic (exact) mass is 199 g/mol. The van der Waals surface area contributed by atoms with Gasteiger partial charge in [0.2, 0.25) is 0 Å². The fraction of sp³-hybridized carbons (Fsp3) is 0.800. The largest absolute Gasteiger partial charge is 0.459 e. The van der Waals surface area contributed by atoms with Gasteiger partial charge in [-0.2, -0.15) is 0 Å². The van der Waals surface area contributed by atoms with E-state index in [0.717, 1.165) is 12.3 Å². The van der Waals surface area contributed by atoms with Crippen LogP contribution in [0.4, 0.5) is 0 Å². The molecule has 80 valence electrons. The van der Waals surface area contributed by atoms with Crippen molar-refractivity contribution in [1.29, 1.82) is 0 Å². The van der Waals surface area contributed by atoms with E-state index in [-0.39, 0.29) is 12.6 Å². The first kappa shape index (κ1) is 11.0. The van der Waals surface area contributed by atoms with Gasteiger partial charge < -0.3 is 10.1 Å². The molecular weight excluding hydrogens is 182 g/mol. The zero-order valence-electron chi connectivity index (χ0n) is 8.71. The van der Waals surface area contributed by atoms with Crippen molar-refractivity contribution in [2.75, 3.05) is 6.61 Å². The van der Waals surface area contributed by atoms with Gasteiger partial charge in [-0.3, -0.25) is 4.79 Å². The van der Waals surface area contributed by atoms with Crippen LogP contribution in [0.15, 0.2) is 0 Å². The number of carbonyl (C=O) groups is 2. The van der Waals surface area contributed by atoms with Crippen LogP contribution in [-0.2, 0) is 14.3 Å². The van der Waals surface area contributed by atoms with Crippen LogP contribution in [-0.4, -0.2) is 24.5 Å². The first-order valence-electron chi connectivity index (χ1n) is 5.11. The average Bonchev–Trinajstić information content (AvgIpc) is 2.88. The van der Waals surface area contributed by atoms with Crippen molar-refractivity contribution >= 4 is 11.9 Å². The molecule has 4 heteroatoms. The van der Waals surface area contributed by atoms with Crippen LogP contribution in [0, 0.1) is 5.92 Å². The molecule has 0 aromatic rings. The molecule has 1 aliphatic carbocycles. The smallest absolute Gasteiger partial charge is 0.396 e. The number of ether oxygens (including phenoxy) is 1. The third-order valence-electron chi connectivity index (χ3n) is 2.22. The Morgan fingerprint density at radius 3 is 2.64 bits per heavy atom. The van der Waals surface area contributed by atoms with E-state index in [0.29, 0.717) is 0 Å². The maximum absolute atomic E-state index is 11.2. The Kier molecular flexibility index (Phi) is 3.92. The van der Waals surface area contributed by atoms with Gasteiger partial charge in [-0.1, -0.05) is 12.8 Å². The Bertz CT molecular complexity index is 223. The average molecular weight is 199 g/mol. The minimum Gasteiger partial charge on any atom is -0.459 e. The normalized spacial score (nSPS) is 17.3. The molecule has 1 amide bonds. The van der Waals surface area contributed by atoms with Crippen LogP contribution in [0.2, 0.25) is 0 Å². The van der Waals surface area contributed by atoms with Crippen LogP contribution in [0.25, 0.3) is 0 Å². The lowest BCUT2D eigenvalue weighted by atomic mass is 10.1. The van der Waals surface area contributed by atoms with Gasteiger partial charge in [-0.05, 0) is 26.2 Å². The fourth-order valence-corrected chi connectivity index (χ4v) is 1.39. The first-order valence-corrected chi connectivity index (χ1v) is 5.11. The molecule has 1 N–H and O–H groups in total. The summed E-state index contributed by atoms with van der Waals surface area (Å²) in [5.41, 5.74) is 0. The van der Waals surface area contributed by atoms with E-state index in [4.69, 9.17) is 0 Å². The Morgan fingerprint density at radius 2 is 2.14 bits per heavy atom. The molecule has 0 aromatic heterocycles. The molecule has 0 bridgehead atoms. The van der Waals surface area contributed by atoms with Crippen molar-refractivity contribution in [2.24, 2.45) is 5.92 Å². The zero-order chi connectivity index (χ0) is 10.6. The summed E-state index contributed by atoms with van der Waals surface area (Å²) < 4.78 is 4.57. The van der Waals surface area contributed by atoms with Crippen molar-refractivity contribution in [3.05, 3.63) is 0 Å². The van der Waals surface area contributed by atoms with Gasteiger partial charge in [0.15, 0.2) is 0 Å². The van der Waals surface area contributed by atoms with Crippen LogP contribution < -0.4 is 5.32 Å². The maximum atomic E-state index is 11.2. The number of carbonyl (C=O) groups excluding carboxylic acids is 2. The summed E-state index contributed by atoms with van der Waals surface area (Å²) in [6, 6.07) is 0.0689. The maximum Gasteiger partial charge on any atom is 0.396 e. The number of amides is 1. The fourth-order valence-electron chi connectivity index (χ4n) is 1.39. The van der Waals surface area contributed by atoms with E-state index in [1.165, 1.54) is 12.8 Å². The van der Waals surface area contributed by atoms with E-state index in [1.807, 2.05) is 6.92 Å². The SMILES string of the molecule is CCOC(=O)C(=O)NC(C)CC1CC1. The topological polar surface area (TPSA) is 55.4 Å². The first-order chi connectivity index (χ1) is 6.63. The summed E-state index contributed by atoms with van der Waals surface area (Å²) in [5.74, 6) is -0.664. The third kappa shape index (κ3) is 3.77. The summed E-state index contributed by atoms with van der Waals surface area (Å²) in [6.45, 7) is 3.83.